The van der Waals surface area contributed by atoms with Gasteiger partial charge in [-0.15, -0.1) is 0 Å². The zero-order valence-electron chi connectivity index (χ0n) is 17.6. The van der Waals surface area contributed by atoms with E-state index in [1.165, 1.54) is 17.5 Å². The van der Waals surface area contributed by atoms with Crippen molar-refractivity contribution in [2.24, 2.45) is 0 Å². The number of hydrogen-bond acceptors (Lipinski definition) is 6. The molecule has 0 saturated heterocycles. The van der Waals surface area contributed by atoms with Gasteiger partial charge in [0, 0.05) is 28.8 Å². The average Bonchev–Trinajstić information content (AvgIpc) is 2.83. The molecule has 0 amide bonds. The standard InChI is InChI=1S/C25H24N4O2/c1-30-23-12-19-20(15-27-29-22(19)13-24(23)31-2)17-10-11-25(26-14-17)28-21-9-5-7-16-6-3-4-8-18(16)21/h3-4,6,8,10-15,21H,5,7,9H2,1-2H3,(H,26,28). The number of aryl methyl sites for hydroxylation is 1. The van der Waals surface area contributed by atoms with Gasteiger partial charge in [0.25, 0.3) is 0 Å². The minimum absolute atomic E-state index is 0.295. The number of methoxy groups -OCH3 is 2. The smallest absolute Gasteiger partial charge is 0.162 e. The van der Waals surface area contributed by atoms with Gasteiger partial charge in [-0.3, -0.25) is 0 Å². The summed E-state index contributed by atoms with van der Waals surface area (Å²) in [5, 5.41) is 13.0. The fourth-order valence-electron chi connectivity index (χ4n) is 4.34. The maximum Gasteiger partial charge on any atom is 0.162 e. The molecular formula is C25H24N4O2. The van der Waals surface area contributed by atoms with Gasteiger partial charge in [0.2, 0.25) is 0 Å². The summed E-state index contributed by atoms with van der Waals surface area (Å²) in [6.07, 6.45) is 7.09. The first kappa shape index (κ1) is 19.3. The van der Waals surface area contributed by atoms with Crippen LogP contribution in [0.5, 0.6) is 11.5 Å². The quantitative estimate of drug-likeness (QED) is 0.486. The summed E-state index contributed by atoms with van der Waals surface area (Å²) in [5.74, 6) is 2.16. The van der Waals surface area contributed by atoms with Crippen molar-refractivity contribution in [1.29, 1.82) is 0 Å². The number of rotatable bonds is 5. The van der Waals surface area contributed by atoms with E-state index in [1.54, 1.807) is 20.4 Å². The second-order valence-corrected chi connectivity index (χ2v) is 7.70. The van der Waals surface area contributed by atoms with Crippen molar-refractivity contribution < 1.29 is 9.47 Å². The highest BCUT2D eigenvalue weighted by Crippen LogP contribution is 2.36. The Morgan fingerprint density at radius 1 is 0.968 bits per heavy atom. The molecule has 1 N–H and O–H groups in total. The fraction of sp³-hybridized carbons (Fsp3) is 0.240. The third kappa shape index (κ3) is 3.65. The minimum Gasteiger partial charge on any atom is -0.493 e. The highest BCUT2D eigenvalue weighted by atomic mass is 16.5. The lowest BCUT2D eigenvalue weighted by atomic mass is 9.88. The van der Waals surface area contributed by atoms with Gasteiger partial charge in [-0.25, -0.2) is 4.98 Å². The van der Waals surface area contributed by atoms with E-state index in [2.05, 4.69) is 50.8 Å². The SMILES string of the molecule is COc1cc2nncc(-c3ccc(NC4CCCc5ccccc54)nc3)c2cc1OC. The zero-order chi connectivity index (χ0) is 21.2. The maximum atomic E-state index is 5.47. The van der Waals surface area contributed by atoms with Crippen LogP contribution in [0.2, 0.25) is 0 Å². The van der Waals surface area contributed by atoms with Crippen molar-refractivity contribution in [3.63, 3.8) is 0 Å². The highest BCUT2D eigenvalue weighted by Gasteiger charge is 2.20. The van der Waals surface area contributed by atoms with E-state index < -0.39 is 0 Å². The number of nitrogens with zero attached hydrogens (tertiary/aromatic N) is 3. The number of aromatic nitrogens is 3. The molecule has 31 heavy (non-hydrogen) atoms. The lowest BCUT2D eigenvalue weighted by Crippen LogP contribution is -2.17. The molecule has 1 aliphatic rings. The molecule has 0 aliphatic heterocycles. The number of anilines is 1. The van der Waals surface area contributed by atoms with Gasteiger partial charge in [-0.2, -0.15) is 10.2 Å². The predicted molar refractivity (Wildman–Crippen MR) is 122 cm³/mol. The molecule has 1 aliphatic carbocycles. The van der Waals surface area contributed by atoms with Crippen molar-refractivity contribution >= 4 is 16.7 Å². The van der Waals surface area contributed by atoms with Crippen molar-refractivity contribution in [3.05, 3.63) is 72.1 Å². The molecule has 2 heterocycles. The van der Waals surface area contributed by atoms with Crippen LogP contribution in [0.25, 0.3) is 22.0 Å². The molecule has 5 rings (SSSR count). The number of fused-ring (bicyclic) bond motifs is 2. The molecule has 0 bridgehead atoms. The molecule has 0 radical (unpaired) electrons. The zero-order valence-corrected chi connectivity index (χ0v) is 17.6. The van der Waals surface area contributed by atoms with Crippen LogP contribution in [0, 0.1) is 0 Å². The molecule has 156 valence electrons. The summed E-state index contributed by atoms with van der Waals surface area (Å²) in [7, 11) is 3.24. The maximum absolute atomic E-state index is 5.47. The van der Waals surface area contributed by atoms with E-state index in [4.69, 9.17) is 9.47 Å². The number of pyridine rings is 1. The Kier molecular flexibility index (Phi) is 5.12. The predicted octanol–water partition coefficient (Wildman–Crippen LogP) is 5.20. The second kappa shape index (κ2) is 8.22. The van der Waals surface area contributed by atoms with Gasteiger partial charge in [0.15, 0.2) is 11.5 Å². The Labute approximate surface area is 181 Å². The molecular weight excluding hydrogens is 388 g/mol. The Morgan fingerprint density at radius 3 is 2.61 bits per heavy atom. The average molecular weight is 412 g/mol. The molecule has 0 saturated carbocycles. The lowest BCUT2D eigenvalue weighted by molar-refractivity contribution is 0.356. The summed E-state index contributed by atoms with van der Waals surface area (Å²) in [6, 6.07) is 16.8. The molecule has 2 aromatic carbocycles. The molecule has 6 heteroatoms. The first-order valence-corrected chi connectivity index (χ1v) is 10.4. The normalized spacial score (nSPS) is 15.4. The molecule has 1 atom stereocenters. The van der Waals surface area contributed by atoms with Crippen molar-refractivity contribution in [3.8, 4) is 22.6 Å². The minimum atomic E-state index is 0.295. The summed E-state index contributed by atoms with van der Waals surface area (Å²) < 4.78 is 10.9. The molecule has 4 aromatic rings. The van der Waals surface area contributed by atoms with Gasteiger partial charge in [0.05, 0.1) is 32.0 Å². The van der Waals surface area contributed by atoms with E-state index in [1.807, 2.05) is 24.4 Å². The van der Waals surface area contributed by atoms with Crippen LogP contribution in [0.3, 0.4) is 0 Å². The van der Waals surface area contributed by atoms with Crippen LogP contribution < -0.4 is 14.8 Å². The van der Waals surface area contributed by atoms with Gasteiger partial charge in [-0.1, -0.05) is 24.3 Å². The Hall–Kier alpha value is -3.67. The number of hydrogen-bond donors (Lipinski definition) is 1. The molecule has 2 aromatic heterocycles. The van der Waals surface area contributed by atoms with E-state index in [0.29, 0.717) is 17.5 Å². The van der Waals surface area contributed by atoms with Crippen molar-refractivity contribution in [1.82, 2.24) is 15.2 Å². The van der Waals surface area contributed by atoms with Crippen LogP contribution in [0.15, 0.2) is 60.9 Å². The largest absolute Gasteiger partial charge is 0.493 e. The van der Waals surface area contributed by atoms with Gasteiger partial charge < -0.3 is 14.8 Å². The van der Waals surface area contributed by atoms with Crippen LogP contribution in [0.4, 0.5) is 5.82 Å². The second-order valence-electron chi connectivity index (χ2n) is 7.70. The lowest BCUT2D eigenvalue weighted by Gasteiger charge is -2.26. The highest BCUT2D eigenvalue weighted by molar-refractivity contribution is 5.95. The van der Waals surface area contributed by atoms with Gasteiger partial charge >= 0.3 is 0 Å². The topological polar surface area (TPSA) is 69.2 Å². The summed E-state index contributed by atoms with van der Waals surface area (Å²) in [6.45, 7) is 0. The summed E-state index contributed by atoms with van der Waals surface area (Å²) in [5.41, 5.74) is 5.48. The third-order valence-electron chi connectivity index (χ3n) is 5.91. The molecule has 0 fully saturated rings. The van der Waals surface area contributed by atoms with E-state index >= 15 is 0 Å². The Bertz CT molecular complexity index is 1220. The monoisotopic (exact) mass is 412 g/mol. The number of nitrogens with one attached hydrogen (secondary N) is 1. The van der Waals surface area contributed by atoms with E-state index in [9.17, 15) is 0 Å². The summed E-state index contributed by atoms with van der Waals surface area (Å²) in [4.78, 5) is 4.69. The van der Waals surface area contributed by atoms with E-state index in [-0.39, 0.29) is 0 Å². The van der Waals surface area contributed by atoms with Crippen molar-refractivity contribution in [2.45, 2.75) is 25.3 Å². The van der Waals surface area contributed by atoms with Crippen LogP contribution in [0.1, 0.15) is 30.0 Å². The van der Waals surface area contributed by atoms with Gasteiger partial charge in [0.1, 0.15) is 5.82 Å². The van der Waals surface area contributed by atoms with Crippen LogP contribution in [-0.2, 0) is 6.42 Å². The first-order valence-electron chi connectivity index (χ1n) is 10.4. The Morgan fingerprint density at radius 2 is 1.81 bits per heavy atom. The number of benzene rings is 2. The van der Waals surface area contributed by atoms with Crippen LogP contribution >= 0.6 is 0 Å². The molecule has 0 spiro atoms. The number of ether oxygens (including phenoxy) is 2. The fourth-order valence-corrected chi connectivity index (χ4v) is 4.34. The van der Waals surface area contributed by atoms with Crippen molar-refractivity contribution in [2.75, 3.05) is 19.5 Å². The third-order valence-corrected chi connectivity index (χ3v) is 5.91. The summed E-state index contributed by atoms with van der Waals surface area (Å²) >= 11 is 0. The first-order chi connectivity index (χ1) is 15.3. The Balaban J connectivity index is 1.45. The van der Waals surface area contributed by atoms with E-state index in [0.717, 1.165) is 40.7 Å². The molecule has 6 nitrogen and oxygen atoms in total. The van der Waals surface area contributed by atoms with Gasteiger partial charge in [-0.05, 0) is 48.6 Å². The van der Waals surface area contributed by atoms with Crippen LogP contribution in [-0.4, -0.2) is 29.4 Å². The molecule has 1 unspecified atom stereocenters.